The minimum atomic E-state index is -0.425. The molecular weight excluding hydrogens is 306 g/mol. The summed E-state index contributed by atoms with van der Waals surface area (Å²) in [5.74, 6) is 0.873. The highest BCUT2D eigenvalue weighted by Crippen LogP contribution is 2.27. The minimum absolute atomic E-state index is 0.397. The van der Waals surface area contributed by atoms with E-state index in [0.717, 1.165) is 28.2 Å². The van der Waals surface area contributed by atoms with Gasteiger partial charge in [-0.3, -0.25) is 4.57 Å². The Morgan fingerprint density at radius 2 is 2.04 bits per heavy atom. The number of ether oxygens (including phenoxy) is 2. The lowest BCUT2D eigenvalue weighted by Crippen LogP contribution is -2.07. The number of esters is 1. The van der Waals surface area contributed by atoms with Crippen LogP contribution < -0.4 is 4.74 Å². The molecule has 124 valence electrons. The molecule has 0 atom stereocenters. The van der Waals surface area contributed by atoms with Crippen molar-refractivity contribution in [3.63, 3.8) is 0 Å². The molecule has 0 aliphatic carbocycles. The normalized spacial score (nSPS) is 10.8. The van der Waals surface area contributed by atoms with Gasteiger partial charge in [0.15, 0.2) is 5.65 Å². The van der Waals surface area contributed by atoms with Crippen molar-refractivity contribution in [2.24, 2.45) is 0 Å². The molecule has 0 saturated heterocycles. The standard InChI is InChI=1S/C18H19N3O3/c1-5-24-16-9-13(6-7-14(16)18(22)23-4)21-12(3)20-15-8-11(2)10-19-17(15)21/h6-10H,5H2,1-4H3. The Labute approximate surface area is 140 Å². The fourth-order valence-electron chi connectivity index (χ4n) is 2.69. The monoisotopic (exact) mass is 325 g/mol. The number of carbonyl (C=O) groups excluding carboxylic acids is 1. The first kappa shape index (κ1) is 16.0. The summed E-state index contributed by atoms with van der Waals surface area (Å²) in [5.41, 5.74) is 3.90. The molecule has 0 saturated carbocycles. The van der Waals surface area contributed by atoms with Gasteiger partial charge in [0.05, 0.1) is 19.4 Å². The average Bonchev–Trinajstić information content (AvgIpc) is 2.89. The summed E-state index contributed by atoms with van der Waals surface area (Å²) in [6.07, 6.45) is 1.81. The number of rotatable bonds is 4. The van der Waals surface area contributed by atoms with Crippen LogP contribution in [0.4, 0.5) is 0 Å². The smallest absolute Gasteiger partial charge is 0.341 e. The molecule has 6 heteroatoms. The summed E-state index contributed by atoms with van der Waals surface area (Å²) in [6, 6.07) is 7.35. The maximum Gasteiger partial charge on any atom is 0.341 e. The van der Waals surface area contributed by atoms with Gasteiger partial charge in [0.2, 0.25) is 0 Å². The third kappa shape index (κ3) is 2.71. The zero-order valence-electron chi connectivity index (χ0n) is 14.2. The fraction of sp³-hybridized carbons (Fsp3) is 0.278. The van der Waals surface area contributed by atoms with E-state index in [1.165, 1.54) is 7.11 Å². The fourth-order valence-corrected chi connectivity index (χ4v) is 2.69. The molecule has 0 amide bonds. The highest BCUT2D eigenvalue weighted by molar-refractivity contribution is 5.93. The summed E-state index contributed by atoms with van der Waals surface area (Å²) in [4.78, 5) is 21.0. The number of aromatic nitrogens is 3. The molecule has 0 radical (unpaired) electrons. The Hall–Kier alpha value is -2.89. The van der Waals surface area contributed by atoms with Crippen molar-refractivity contribution in [1.82, 2.24) is 14.5 Å². The molecule has 0 fully saturated rings. The number of fused-ring (bicyclic) bond motifs is 1. The van der Waals surface area contributed by atoms with Gasteiger partial charge in [-0.25, -0.2) is 14.8 Å². The van der Waals surface area contributed by atoms with Crippen LogP contribution in [0, 0.1) is 13.8 Å². The van der Waals surface area contributed by atoms with Crippen LogP contribution in [-0.2, 0) is 4.74 Å². The SMILES string of the molecule is CCOc1cc(-n2c(C)nc3cc(C)cnc32)ccc1C(=O)OC. The van der Waals surface area contributed by atoms with E-state index in [4.69, 9.17) is 9.47 Å². The van der Waals surface area contributed by atoms with Crippen molar-refractivity contribution in [3.8, 4) is 11.4 Å². The number of nitrogens with zero attached hydrogens (tertiary/aromatic N) is 3. The summed E-state index contributed by atoms with van der Waals surface area (Å²) in [6.45, 7) is 6.23. The molecule has 2 aromatic heterocycles. The summed E-state index contributed by atoms with van der Waals surface area (Å²) < 4.78 is 12.4. The van der Waals surface area contributed by atoms with E-state index in [0.29, 0.717) is 17.9 Å². The van der Waals surface area contributed by atoms with Crippen molar-refractivity contribution >= 4 is 17.1 Å². The van der Waals surface area contributed by atoms with Crippen LogP contribution in [0.5, 0.6) is 5.75 Å². The van der Waals surface area contributed by atoms with E-state index in [1.807, 2.05) is 49.7 Å². The largest absolute Gasteiger partial charge is 0.493 e. The number of hydrogen-bond acceptors (Lipinski definition) is 5. The van der Waals surface area contributed by atoms with Crippen LogP contribution in [0.25, 0.3) is 16.9 Å². The predicted molar refractivity (Wildman–Crippen MR) is 90.8 cm³/mol. The molecule has 0 aliphatic rings. The molecule has 6 nitrogen and oxygen atoms in total. The van der Waals surface area contributed by atoms with Gasteiger partial charge in [0.25, 0.3) is 0 Å². The second-order valence-electron chi connectivity index (χ2n) is 5.45. The van der Waals surface area contributed by atoms with Gasteiger partial charge >= 0.3 is 5.97 Å². The van der Waals surface area contributed by atoms with Crippen LogP contribution in [0.1, 0.15) is 28.7 Å². The average molecular weight is 325 g/mol. The lowest BCUT2D eigenvalue weighted by atomic mass is 10.1. The van der Waals surface area contributed by atoms with E-state index in [1.54, 1.807) is 6.07 Å². The first-order valence-corrected chi connectivity index (χ1v) is 7.72. The van der Waals surface area contributed by atoms with Gasteiger partial charge in [-0.05, 0) is 44.5 Å². The van der Waals surface area contributed by atoms with E-state index >= 15 is 0 Å². The maximum atomic E-state index is 11.9. The number of carbonyl (C=O) groups is 1. The highest BCUT2D eigenvalue weighted by Gasteiger charge is 2.17. The van der Waals surface area contributed by atoms with Crippen molar-refractivity contribution < 1.29 is 14.3 Å². The predicted octanol–water partition coefficient (Wildman–Crippen LogP) is 3.22. The van der Waals surface area contributed by atoms with Crippen LogP contribution >= 0.6 is 0 Å². The summed E-state index contributed by atoms with van der Waals surface area (Å²) in [7, 11) is 1.35. The first-order chi connectivity index (χ1) is 11.5. The molecule has 2 heterocycles. The van der Waals surface area contributed by atoms with Gasteiger partial charge in [0, 0.05) is 12.3 Å². The number of aryl methyl sites for hydroxylation is 2. The second kappa shape index (κ2) is 6.31. The third-order valence-electron chi connectivity index (χ3n) is 3.73. The van der Waals surface area contributed by atoms with Crippen LogP contribution in [0.15, 0.2) is 30.5 Å². The second-order valence-corrected chi connectivity index (χ2v) is 5.45. The van der Waals surface area contributed by atoms with Crippen LogP contribution in [0.3, 0.4) is 0 Å². The van der Waals surface area contributed by atoms with Gasteiger partial charge in [-0.15, -0.1) is 0 Å². The Bertz CT molecular complexity index is 915. The molecule has 0 unspecified atom stereocenters. The van der Waals surface area contributed by atoms with Crippen molar-refractivity contribution in [3.05, 3.63) is 47.4 Å². The minimum Gasteiger partial charge on any atom is -0.493 e. The quantitative estimate of drug-likeness (QED) is 0.689. The molecule has 24 heavy (non-hydrogen) atoms. The lowest BCUT2D eigenvalue weighted by Gasteiger charge is -2.12. The van der Waals surface area contributed by atoms with E-state index in [-0.39, 0.29) is 0 Å². The van der Waals surface area contributed by atoms with Gasteiger partial charge in [-0.2, -0.15) is 0 Å². The lowest BCUT2D eigenvalue weighted by molar-refractivity contribution is 0.0596. The third-order valence-corrected chi connectivity index (χ3v) is 3.73. The zero-order chi connectivity index (χ0) is 17.3. The zero-order valence-corrected chi connectivity index (χ0v) is 14.2. The maximum absolute atomic E-state index is 11.9. The van der Waals surface area contributed by atoms with E-state index in [9.17, 15) is 4.79 Å². The van der Waals surface area contributed by atoms with Crippen LogP contribution in [-0.4, -0.2) is 34.2 Å². The van der Waals surface area contributed by atoms with Crippen molar-refractivity contribution in [2.75, 3.05) is 13.7 Å². The number of hydrogen-bond donors (Lipinski definition) is 0. The van der Waals surface area contributed by atoms with Gasteiger partial charge in [-0.1, -0.05) is 0 Å². The van der Waals surface area contributed by atoms with Gasteiger partial charge < -0.3 is 9.47 Å². The number of imidazole rings is 1. The van der Waals surface area contributed by atoms with Gasteiger partial charge in [0.1, 0.15) is 22.7 Å². The topological polar surface area (TPSA) is 66.2 Å². The molecular formula is C18H19N3O3. The molecule has 0 spiro atoms. The number of benzene rings is 1. The van der Waals surface area contributed by atoms with E-state index < -0.39 is 5.97 Å². The molecule has 0 aliphatic heterocycles. The van der Waals surface area contributed by atoms with Crippen molar-refractivity contribution in [2.45, 2.75) is 20.8 Å². The molecule has 3 aromatic rings. The molecule has 0 bridgehead atoms. The molecule has 1 aromatic carbocycles. The Morgan fingerprint density at radius 1 is 1.25 bits per heavy atom. The molecule has 0 N–H and O–H groups in total. The number of pyridine rings is 1. The Morgan fingerprint density at radius 3 is 2.75 bits per heavy atom. The van der Waals surface area contributed by atoms with Crippen molar-refractivity contribution in [1.29, 1.82) is 0 Å². The summed E-state index contributed by atoms with van der Waals surface area (Å²) in [5, 5.41) is 0. The Balaban J connectivity index is 2.18. The first-order valence-electron chi connectivity index (χ1n) is 7.72. The number of methoxy groups -OCH3 is 1. The molecule has 3 rings (SSSR count). The highest BCUT2D eigenvalue weighted by atomic mass is 16.5. The Kier molecular flexibility index (Phi) is 4.20. The van der Waals surface area contributed by atoms with Crippen LogP contribution in [0.2, 0.25) is 0 Å². The van der Waals surface area contributed by atoms with E-state index in [2.05, 4.69) is 9.97 Å². The summed E-state index contributed by atoms with van der Waals surface area (Å²) >= 11 is 0.